The second-order valence-electron chi connectivity index (χ2n) is 5.78. The molecular formula is C15H20BrClN2O2. The van der Waals surface area contributed by atoms with Crippen LogP contribution < -0.4 is 11.1 Å². The number of ether oxygens (including phenoxy) is 1. The van der Waals surface area contributed by atoms with Gasteiger partial charge in [0, 0.05) is 23.0 Å². The van der Waals surface area contributed by atoms with Crippen molar-refractivity contribution >= 4 is 39.1 Å². The van der Waals surface area contributed by atoms with Crippen molar-refractivity contribution < 1.29 is 9.53 Å². The van der Waals surface area contributed by atoms with Crippen molar-refractivity contribution in [1.82, 2.24) is 0 Å². The van der Waals surface area contributed by atoms with Gasteiger partial charge in [0.05, 0.1) is 17.2 Å². The van der Waals surface area contributed by atoms with Crippen LogP contribution >= 0.6 is 27.5 Å². The molecule has 1 saturated heterocycles. The number of amides is 1. The van der Waals surface area contributed by atoms with Crippen molar-refractivity contribution in [1.29, 1.82) is 0 Å². The average Bonchev–Trinajstić information content (AvgIpc) is 2.43. The summed E-state index contributed by atoms with van der Waals surface area (Å²) in [7, 11) is 0. The molecule has 0 saturated carbocycles. The van der Waals surface area contributed by atoms with Crippen molar-refractivity contribution in [2.24, 2.45) is 5.73 Å². The molecule has 1 aromatic rings. The Balaban J connectivity index is 2.30. The largest absolute Gasteiger partial charge is 0.375 e. The highest BCUT2D eigenvalue weighted by Crippen LogP contribution is 2.37. The molecule has 1 aromatic carbocycles. The summed E-state index contributed by atoms with van der Waals surface area (Å²) in [4.78, 5) is 12.1. The summed E-state index contributed by atoms with van der Waals surface area (Å²) < 4.78 is 6.60. The van der Waals surface area contributed by atoms with Crippen molar-refractivity contribution in [2.75, 3.05) is 11.9 Å². The molecule has 3 N–H and O–H groups in total. The third-order valence-corrected chi connectivity index (χ3v) is 5.39. The fourth-order valence-corrected chi connectivity index (χ4v) is 3.20. The number of carbonyl (C=O) groups is 1. The van der Waals surface area contributed by atoms with Crippen molar-refractivity contribution in [3.63, 3.8) is 0 Å². The summed E-state index contributed by atoms with van der Waals surface area (Å²) in [5, 5.41) is 3.93. The van der Waals surface area contributed by atoms with E-state index >= 15 is 0 Å². The van der Waals surface area contributed by atoms with Crippen LogP contribution in [0.5, 0.6) is 0 Å². The Kier molecular flexibility index (Phi) is 4.85. The topological polar surface area (TPSA) is 64.3 Å². The number of nitrogens with one attached hydrogen (secondary N) is 1. The number of hydrogen-bond donors (Lipinski definition) is 2. The molecule has 1 fully saturated rings. The molecule has 1 amide bonds. The van der Waals surface area contributed by atoms with Crippen LogP contribution in [0.2, 0.25) is 5.02 Å². The monoisotopic (exact) mass is 374 g/mol. The molecule has 21 heavy (non-hydrogen) atoms. The maximum atomic E-state index is 12.1. The Morgan fingerprint density at radius 3 is 2.86 bits per heavy atom. The third-order valence-electron chi connectivity index (χ3n) is 4.18. The lowest BCUT2D eigenvalue weighted by Gasteiger charge is -2.45. The van der Waals surface area contributed by atoms with Gasteiger partial charge in [0.15, 0.2) is 0 Å². The predicted octanol–water partition coefficient (Wildman–Crippen LogP) is 3.72. The number of halogens is 2. The molecular weight excluding hydrogens is 356 g/mol. The van der Waals surface area contributed by atoms with Gasteiger partial charge in [0.1, 0.15) is 5.54 Å². The molecule has 0 aliphatic carbocycles. The lowest BCUT2D eigenvalue weighted by Crippen LogP contribution is -2.59. The van der Waals surface area contributed by atoms with E-state index in [0.29, 0.717) is 24.5 Å². The maximum Gasteiger partial charge on any atom is 0.243 e. The fourth-order valence-electron chi connectivity index (χ4n) is 2.71. The van der Waals surface area contributed by atoms with E-state index in [1.165, 1.54) is 0 Å². The van der Waals surface area contributed by atoms with Crippen molar-refractivity contribution in [3.8, 4) is 0 Å². The fraction of sp³-hybridized carbons (Fsp3) is 0.533. The summed E-state index contributed by atoms with van der Waals surface area (Å²) in [6.45, 7) is 4.58. The molecule has 2 rings (SSSR count). The van der Waals surface area contributed by atoms with Gasteiger partial charge >= 0.3 is 0 Å². The normalized spacial score (nSPS) is 29.1. The summed E-state index contributed by atoms with van der Waals surface area (Å²) in [5.41, 5.74) is 5.37. The first kappa shape index (κ1) is 16.6. The minimum atomic E-state index is -0.795. The van der Waals surface area contributed by atoms with Crippen LogP contribution in [0.3, 0.4) is 0 Å². The molecule has 2 unspecified atom stereocenters. The molecule has 0 bridgehead atoms. The molecule has 0 radical (unpaired) electrons. The first-order valence-corrected chi connectivity index (χ1v) is 8.14. The van der Waals surface area contributed by atoms with E-state index in [1.54, 1.807) is 6.07 Å². The van der Waals surface area contributed by atoms with Gasteiger partial charge in [-0.3, -0.25) is 4.79 Å². The van der Waals surface area contributed by atoms with E-state index in [2.05, 4.69) is 28.2 Å². The van der Waals surface area contributed by atoms with Crippen LogP contribution in [0.1, 0.15) is 33.1 Å². The van der Waals surface area contributed by atoms with Gasteiger partial charge in [0.2, 0.25) is 5.91 Å². The van der Waals surface area contributed by atoms with Crippen LogP contribution in [0.25, 0.3) is 0 Å². The number of primary amides is 1. The van der Waals surface area contributed by atoms with E-state index < -0.39 is 5.54 Å². The van der Waals surface area contributed by atoms with Crippen LogP contribution in [0, 0.1) is 0 Å². The van der Waals surface area contributed by atoms with Gasteiger partial charge in [0.25, 0.3) is 0 Å². The van der Waals surface area contributed by atoms with Crippen LogP contribution in [-0.4, -0.2) is 23.7 Å². The van der Waals surface area contributed by atoms with Crippen LogP contribution in [-0.2, 0) is 9.53 Å². The highest BCUT2D eigenvalue weighted by Gasteiger charge is 2.46. The molecule has 1 heterocycles. The lowest BCUT2D eigenvalue weighted by molar-refractivity contribution is -0.135. The van der Waals surface area contributed by atoms with Gasteiger partial charge in [-0.1, -0.05) is 18.5 Å². The molecule has 4 nitrogen and oxygen atoms in total. The zero-order valence-electron chi connectivity index (χ0n) is 12.2. The first-order chi connectivity index (χ1) is 9.80. The van der Waals surface area contributed by atoms with Gasteiger partial charge < -0.3 is 15.8 Å². The average molecular weight is 376 g/mol. The minimum absolute atomic E-state index is 0.343. The number of anilines is 1. The SMILES string of the molecule is CCC1(C)CC(Nc2ccc(Cl)c(Br)c2)(C(N)=O)CCO1. The Morgan fingerprint density at radius 2 is 2.29 bits per heavy atom. The number of nitrogens with two attached hydrogens (primary N) is 1. The van der Waals surface area contributed by atoms with Gasteiger partial charge in [-0.15, -0.1) is 0 Å². The highest BCUT2D eigenvalue weighted by atomic mass is 79.9. The molecule has 1 aliphatic heterocycles. The van der Waals surface area contributed by atoms with Gasteiger partial charge in [-0.2, -0.15) is 0 Å². The Hall–Kier alpha value is -0.780. The van der Waals surface area contributed by atoms with E-state index in [-0.39, 0.29) is 11.5 Å². The molecule has 116 valence electrons. The zero-order chi connectivity index (χ0) is 15.7. The number of benzene rings is 1. The Morgan fingerprint density at radius 1 is 1.57 bits per heavy atom. The summed E-state index contributed by atoms with van der Waals surface area (Å²) >= 11 is 9.39. The Labute approximate surface area is 138 Å². The molecule has 0 spiro atoms. The summed E-state index contributed by atoms with van der Waals surface area (Å²) in [6.07, 6.45) is 1.93. The smallest absolute Gasteiger partial charge is 0.243 e. The second-order valence-corrected chi connectivity index (χ2v) is 7.04. The van der Waals surface area contributed by atoms with Gasteiger partial charge in [-0.05, 0) is 47.5 Å². The van der Waals surface area contributed by atoms with E-state index in [1.807, 2.05) is 19.1 Å². The zero-order valence-corrected chi connectivity index (χ0v) is 14.6. The van der Waals surface area contributed by atoms with Crippen LogP contribution in [0.15, 0.2) is 22.7 Å². The van der Waals surface area contributed by atoms with E-state index in [0.717, 1.165) is 16.6 Å². The second kappa shape index (κ2) is 6.15. The lowest BCUT2D eigenvalue weighted by atomic mass is 9.78. The summed E-state index contributed by atoms with van der Waals surface area (Å²) in [6, 6.07) is 5.48. The quantitative estimate of drug-likeness (QED) is 0.843. The number of carbonyl (C=O) groups excluding carboxylic acids is 1. The van der Waals surface area contributed by atoms with Crippen molar-refractivity contribution in [2.45, 2.75) is 44.2 Å². The Bertz CT molecular complexity index is 554. The van der Waals surface area contributed by atoms with E-state index in [4.69, 9.17) is 22.1 Å². The first-order valence-electron chi connectivity index (χ1n) is 6.97. The molecule has 2 atom stereocenters. The van der Waals surface area contributed by atoms with Gasteiger partial charge in [-0.25, -0.2) is 0 Å². The van der Waals surface area contributed by atoms with E-state index in [9.17, 15) is 4.79 Å². The highest BCUT2D eigenvalue weighted by molar-refractivity contribution is 9.10. The van der Waals surface area contributed by atoms with Crippen molar-refractivity contribution in [3.05, 3.63) is 27.7 Å². The maximum absolute atomic E-state index is 12.1. The predicted molar refractivity (Wildman–Crippen MR) is 88.6 cm³/mol. The van der Waals surface area contributed by atoms with Crippen LogP contribution in [0.4, 0.5) is 5.69 Å². The molecule has 0 aromatic heterocycles. The number of rotatable bonds is 4. The number of hydrogen-bond acceptors (Lipinski definition) is 3. The standard InChI is InChI=1S/C15H20BrClN2O2/c1-3-14(2)9-15(13(18)20,6-7-21-14)19-10-4-5-12(17)11(16)8-10/h4-5,8,19H,3,6-7,9H2,1-2H3,(H2,18,20). The molecule has 6 heteroatoms. The third kappa shape index (κ3) is 3.52. The summed E-state index contributed by atoms with van der Waals surface area (Å²) in [5.74, 6) is -0.350. The minimum Gasteiger partial charge on any atom is -0.375 e. The molecule has 1 aliphatic rings.